The van der Waals surface area contributed by atoms with E-state index in [0.29, 0.717) is 0 Å². The number of anilines is 1. The molecule has 1 heterocycles. The SMILES string of the molecule is OCCCCNc1nnc(Br)s1. The molecule has 0 bridgehead atoms. The highest BCUT2D eigenvalue weighted by Crippen LogP contribution is 2.19. The van der Waals surface area contributed by atoms with Crippen molar-refractivity contribution in [2.45, 2.75) is 12.8 Å². The summed E-state index contributed by atoms with van der Waals surface area (Å²) in [5.41, 5.74) is 0. The van der Waals surface area contributed by atoms with Crippen LogP contribution >= 0.6 is 27.3 Å². The topological polar surface area (TPSA) is 58.0 Å². The molecule has 0 atom stereocenters. The van der Waals surface area contributed by atoms with E-state index in [-0.39, 0.29) is 6.61 Å². The van der Waals surface area contributed by atoms with Crippen molar-refractivity contribution < 1.29 is 5.11 Å². The maximum absolute atomic E-state index is 8.51. The number of aliphatic hydroxyl groups is 1. The molecule has 4 nitrogen and oxygen atoms in total. The molecule has 2 N–H and O–H groups in total. The fourth-order valence-corrected chi connectivity index (χ4v) is 1.75. The van der Waals surface area contributed by atoms with Gasteiger partial charge in [0.15, 0.2) is 3.92 Å². The van der Waals surface area contributed by atoms with E-state index in [1.165, 1.54) is 11.3 Å². The van der Waals surface area contributed by atoms with E-state index in [9.17, 15) is 0 Å². The Hall–Kier alpha value is -0.200. The summed E-state index contributed by atoms with van der Waals surface area (Å²) in [6, 6.07) is 0. The molecule has 0 aromatic carbocycles. The number of hydrogen-bond donors (Lipinski definition) is 2. The van der Waals surface area contributed by atoms with Crippen LogP contribution in [0.3, 0.4) is 0 Å². The molecule has 0 amide bonds. The maximum Gasteiger partial charge on any atom is 0.206 e. The molecule has 0 saturated carbocycles. The van der Waals surface area contributed by atoms with Crippen molar-refractivity contribution in [1.82, 2.24) is 10.2 Å². The number of rotatable bonds is 5. The molecular formula is C6H10BrN3OS. The van der Waals surface area contributed by atoms with Crippen LogP contribution < -0.4 is 5.32 Å². The third-order valence-corrected chi connectivity index (χ3v) is 2.58. The van der Waals surface area contributed by atoms with Gasteiger partial charge in [0.05, 0.1) is 0 Å². The predicted octanol–water partition coefficient (Wildman–Crippen LogP) is 1.48. The first-order valence-corrected chi connectivity index (χ1v) is 5.27. The van der Waals surface area contributed by atoms with E-state index in [4.69, 9.17) is 5.11 Å². The Balaban J connectivity index is 2.15. The highest BCUT2D eigenvalue weighted by atomic mass is 79.9. The Bertz CT molecular complexity index is 230. The lowest BCUT2D eigenvalue weighted by Crippen LogP contribution is -2.01. The second-order valence-corrected chi connectivity index (χ2v) is 4.47. The molecule has 68 valence electrons. The molecule has 12 heavy (non-hydrogen) atoms. The summed E-state index contributed by atoms with van der Waals surface area (Å²) in [5.74, 6) is 0. The van der Waals surface area contributed by atoms with E-state index >= 15 is 0 Å². The lowest BCUT2D eigenvalue weighted by molar-refractivity contribution is 0.286. The molecule has 0 aliphatic heterocycles. The van der Waals surface area contributed by atoms with E-state index in [1.807, 2.05) is 0 Å². The minimum atomic E-state index is 0.251. The zero-order valence-electron chi connectivity index (χ0n) is 6.46. The number of halogens is 1. The van der Waals surface area contributed by atoms with Crippen LogP contribution in [-0.4, -0.2) is 28.5 Å². The lowest BCUT2D eigenvalue weighted by Gasteiger charge is -1.98. The van der Waals surface area contributed by atoms with Gasteiger partial charge < -0.3 is 10.4 Å². The van der Waals surface area contributed by atoms with Crippen LogP contribution in [0.2, 0.25) is 0 Å². The van der Waals surface area contributed by atoms with Crippen LogP contribution in [0.4, 0.5) is 5.13 Å². The van der Waals surface area contributed by atoms with Crippen molar-refractivity contribution in [3.8, 4) is 0 Å². The lowest BCUT2D eigenvalue weighted by atomic mass is 10.3. The standard InChI is InChI=1S/C6H10BrN3OS/c7-5-9-10-6(12-5)8-3-1-2-4-11/h11H,1-4H2,(H,8,10). The van der Waals surface area contributed by atoms with Crippen LogP contribution in [0.5, 0.6) is 0 Å². The summed E-state index contributed by atoms with van der Waals surface area (Å²) in [4.78, 5) is 0. The van der Waals surface area contributed by atoms with Gasteiger partial charge in [0, 0.05) is 13.2 Å². The molecule has 0 aliphatic carbocycles. The van der Waals surface area contributed by atoms with Gasteiger partial charge >= 0.3 is 0 Å². The summed E-state index contributed by atoms with van der Waals surface area (Å²) in [6.45, 7) is 1.09. The summed E-state index contributed by atoms with van der Waals surface area (Å²) < 4.78 is 0.784. The van der Waals surface area contributed by atoms with Gasteiger partial charge in [-0.3, -0.25) is 0 Å². The van der Waals surface area contributed by atoms with Crippen LogP contribution in [0, 0.1) is 0 Å². The zero-order chi connectivity index (χ0) is 8.81. The van der Waals surface area contributed by atoms with E-state index in [2.05, 4.69) is 31.4 Å². The highest BCUT2D eigenvalue weighted by Gasteiger charge is 1.98. The molecule has 0 aliphatic rings. The monoisotopic (exact) mass is 251 g/mol. The summed E-state index contributed by atoms with van der Waals surface area (Å²) in [7, 11) is 0. The Labute approximate surface area is 83.2 Å². The van der Waals surface area contributed by atoms with Gasteiger partial charge in [-0.05, 0) is 28.8 Å². The number of aromatic nitrogens is 2. The third-order valence-electron chi connectivity index (χ3n) is 1.26. The van der Waals surface area contributed by atoms with Crippen molar-refractivity contribution in [2.24, 2.45) is 0 Å². The largest absolute Gasteiger partial charge is 0.396 e. The number of unbranched alkanes of at least 4 members (excludes halogenated alkanes) is 1. The molecule has 0 unspecified atom stereocenters. The van der Waals surface area contributed by atoms with E-state index < -0.39 is 0 Å². The van der Waals surface area contributed by atoms with Crippen molar-refractivity contribution in [2.75, 3.05) is 18.5 Å². The van der Waals surface area contributed by atoms with Gasteiger partial charge in [-0.25, -0.2) is 0 Å². The Morgan fingerprint density at radius 2 is 2.25 bits per heavy atom. The quantitative estimate of drug-likeness (QED) is 0.779. The smallest absolute Gasteiger partial charge is 0.206 e. The zero-order valence-corrected chi connectivity index (χ0v) is 8.86. The van der Waals surface area contributed by atoms with Crippen LogP contribution in [-0.2, 0) is 0 Å². The van der Waals surface area contributed by atoms with Gasteiger partial charge in [-0.1, -0.05) is 11.3 Å². The normalized spacial score (nSPS) is 10.2. The van der Waals surface area contributed by atoms with Gasteiger partial charge in [0.25, 0.3) is 0 Å². The Morgan fingerprint density at radius 3 is 2.83 bits per heavy atom. The molecule has 1 aromatic heterocycles. The number of nitrogens with zero attached hydrogens (tertiary/aromatic N) is 2. The number of hydrogen-bond acceptors (Lipinski definition) is 5. The van der Waals surface area contributed by atoms with Crippen molar-refractivity contribution in [3.05, 3.63) is 3.92 Å². The molecule has 0 radical (unpaired) electrons. The fourth-order valence-electron chi connectivity index (χ4n) is 0.709. The second-order valence-electron chi connectivity index (χ2n) is 2.22. The Kier molecular flexibility index (Phi) is 4.49. The fraction of sp³-hybridized carbons (Fsp3) is 0.667. The first-order chi connectivity index (χ1) is 5.83. The maximum atomic E-state index is 8.51. The average Bonchev–Trinajstić information content (AvgIpc) is 2.45. The molecular weight excluding hydrogens is 242 g/mol. The van der Waals surface area contributed by atoms with Crippen LogP contribution in [0.25, 0.3) is 0 Å². The minimum Gasteiger partial charge on any atom is -0.396 e. The average molecular weight is 252 g/mol. The predicted molar refractivity (Wildman–Crippen MR) is 52.4 cm³/mol. The van der Waals surface area contributed by atoms with Crippen molar-refractivity contribution in [3.63, 3.8) is 0 Å². The van der Waals surface area contributed by atoms with Crippen LogP contribution in [0.1, 0.15) is 12.8 Å². The van der Waals surface area contributed by atoms with Gasteiger partial charge in [0.2, 0.25) is 5.13 Å². The second kappa shape index (κ2) is 5.45. The number of aliphatic hydroxyl groups excluding tert-OH is 1. The summed E-state index contributed by atoms with van der Waals surface area (Å²) in [6.07, 6.45) is 1.78. The Morgan fingerprint density at radius 1 is 1.42 bits per heavy atom. The first-order valence-electron chi connectivity index (χ1n) is 3.66. The van der Waals surface area contributed by atoms with Gasteiger partial charge in [0.1, 0.15) is 0 Å². The van der Waals surface area contributed by atoms with E-state index in [0.717, 1.165) is 28.4 Å². The summed E-state index contributed by atoms with van der Waals surface area (Å²) in [5, 5.41) is 20.1. The first kappa shape index (κ1) is 9.88. The number of nitrogens with one attached hydrogen (secondary N) is 1. The molecule has 0 saturated heterocycles. The molecule has 0 spiro atoms. The van der Waals surface area contributed by atoms with Gasteiger partial charge in [-0.2, -0.15) is 0 Å². The molecule has 0 fully saturated rings. The van der Waals surface area contributed by atoms with Crippen LogP contribution in [0.15, 0.2) is 3.92 Å². The highest BCUT2D eigenvalue weighted by molar-refractivity contribution is 9.11. The molecule has 1 rings (SSSR count). The van der Waals surface area contributed by atoms with Gasteiger partial charge in [-0.15, -0.1) is 10.2 Å². The third kappa shape index (κ3) is 3.46. The minimum absolute atomic E-state index is 0.251. The van der Waals surface area contributed by atoms with E-state index in [1.54, 1.807) is 0 Å². The van der Waals surface area contributed by atoms with Crippen molar-refractivity contribution >= 4 is 32.4 Å². The molecule has 1 aromatic rings. The van der Waals surface area contributed by atoms with Crippen molar-refractivity contribution in [1.29, 1.82) is 0 Å². The summed E-state index contributed by atoms with van der Waals surface area (Å²) >= 11 is 4.69. The molecule has 6 heteroatoms.